The second-order valence-corrected chi connectivity index (χ2v) is 38.8. The van der Waals surface area contributed by atoms with E-state index in [0.717, 1.165) is 125 Å². The van der Waals surface area contributed by atoms with Crippen molar-refractivity contribution in [3.63, 3.8) is 0 Å². The molecular weight excluding hydrogens is 1580 g/mol. The van der Waals surface area contributed by atoms with Gasteiger partial charge in [-0.3, -0.25) is 68.1 Å². The average Bonchev–Trinajstić information content (AvgIpc) is 1.58. The molecule has 0 radical (unpaired) electrons. The van der Waals surface area contributed by atoms with Crippen LogP contribution in [0.4, 0.5) is 27.2 Å². The summed E-state index contributed by atoms with van der Waals surface area (Å²) >= 11 is 0. The average molecular weight is 1700 g/mol. The van der Waals surface area contributed by atoms with Crippen LogP contribution in [0.25, 0.3) is 0 Å². The molecule has 4 bridgehead atoms. The predicted molar refractivity (Wildman–Crippen MR) is 466 cm³/mol. The molecule has 4 aromatic carbocycles. The van der Waals surface area contributed by atoms with Crippen molar-refractivity contribution in [3.8, 4) is 0 Å². The van der Waals surface area contributed by atoms with E-state index in [1.165, 1.54) is 20.9 Å². The maximum atomic E-state index is 14.2. The number of rotatable bonds is 30. The van der Waals surface area contributed by atoms with Crippen molar-refractivity contribution in [1.29, 1.82) is 0 Å². The van der Waals surface area contributed by atoms with E-state index in [-0.39, 0.29) is 171 Å². The van der Waals surface area contributed by atoms with Crippen LogP contribution in [0.15, 0.2) is 146 Å². The topological polar surface area (TPSA) is 207 Å². The zero-order valence-corrected chi connectivity index (χ0v) is 73.3. The molecule has 4 saturated heterocycles. The van der Waals surface area contributed by atoms with Gasteiger partial charge in [0.2, 0.25) is 11.8 Å². The number of likely N-dealkylation sites (tertiary alicyclic amines) is 2. The molecule has 2 aromatic heterocycles. The lowest BCUT2D eigenvalue weighted by atomic mass is 9.79. The minimum Gasteiger partial charge on any atom is -0.444 e. The SMILES string of the molecule is CC(C)(C)OC(=O)N1C[C@@H]2CC[C@H](C1CN(CCCCN1C(=O)c3ccccc3C1=O)[C@H]1CCCc3cccnc31)N2CC[C@H](CC(=O)C1CCC(F)(F)CC1)c1ccccc1.CC(C)(C)OC(=O)N1C[C@@H]2CC[C@H](C1CN(CCCCN1C(=O)c3ccccc3C1=O)[C@H]1CCCc3cccnc31)N2CC[C@H](CC(=O)C1CCC(F)(F)CC1)c1ccccc1. The van der Waals surface area contributed by atoms with Crippen LogP contribution in [0.1, 0.15) is 295 Å². The number of imide groups is 2. The van der Waals surface area contributed by atoms with Gasteiger partial charge >= 0.3 is 12.2 Å². The number of benzene rings is 4. The highest BCUT2D eigenvalue weighted by atomic mass is 19.3. The Labute approximate surface area is 728 Å². The summed E-state index contributed by atoms with van der Waals surface area (Å²) in [5, 5.41) is 0. The highest BCUT2D eigenvalue weighted by molar-refractivity contribution is 6.22. The molecule has 10 atom stereocenters. The predicted octanol–water partition coefficient (Wildman–Crippen LogP) is 18.5. The Hall–Kier alpha value is -9.10. The van der Waals surface area contributed by atoms with Crippen LogP contribution in [-0.4, -0.2) is 221 Å². The molecule has 24 heteroatoms. The number of Topliss-reactive ketones (excluding diaryl/α,β-unsaturated/α-hetero) is 2. The molecule has 6 amide bonds. The van der Waals surface area contributed by atoms with Crippen LogP contribution >= 0.6 is 0 Å². The van der Waals surface area contributed by atoms with E-state index in [0.29, 0.717) is 100 Å². The van der Waals surface area contributed by atoms with Crippen LogP contribution < -0.4 is 0 Å². The summed E-state index contributed by atoms with van der Waals surface area (Å²) in [6, 6.07) is 42.7. The highest BCUT2D eigenvalue weighted by Gasteiger charge is 2.53. The molecule has 6 aliphatic heterocycles. The van der Waals surface area contributed by atoms with Gasteiger partial charge in [0.1, 0.15) is 22.8 Å². The summed E-state index contributed by atoms with van der Waals surface area (Å²) in [6.07, 6.45) is 17.7. The van der Waals surface area contributed by atoms with Crippen molar-refractivity contribution in [2.24, 2.45) is 11.8 Å². The number of nitrogens with zero attached hydrogens (tertiary/aromatic N) is 10. The summed E-state index contributed by atoms with van der Waals surface area (Å²) in [6.45, 7) is 17.3. The van der Waals surface area contributed by atoms with Crippen molar-refractivity contribution in [3.05, 3.63) is 202 Å². The molecule has 6 fully saturated rings. The van der Waals surface area contributed by atoms with Gasteiger partial charge in [-0.15, -0.1) is 0 Å². The number of unbranched alkanes of at least 4 members (excludes halogenated alkanes) is 2. The number of hydrogen-bond donors (Lipinski definition) is 0. The van der Waals surface area contributed by atoms with Gasteiger partial charge in [0.15, 0.2) is 0 Å². The molecule has 664 valence electrons. The third-order valence-electron chi connectivity index (χ3n) is 28.4. The first-order valence-corrected chi connectivity index (χ1v) is 46.2. The molecular formula is C100H126F4N10O10. The van der Waals surface area contributed by atoms with Gasteiger partial charge in [0, 0.05) is 126 Å². The number of alkyl halides is 4. The number of ketones is 2. The molecule has 0 N–H and O–H groups in total. The van der Waals surface area contributed by atoms with Crippen molar-refractivity contribution in [2.75, 3.05) is 65.4 Å². The van der Waals surface area contributed by atoms with Crippen molar-refractivity contribution in [1.82, 2.24) is 49.2 Å². The quantitative estimate of drug-likeness (QED) is 0.0233. The summed E-state index contributed by atoms with van der Waals surface area (Å²) in [7, 11) is 0. The monoisotopic (exact) mass is 1700 g/mol. The molecule has 4 aliphatic carbocycles. The number of carbonyl (C=O) groups excluding carboxylic acids is 8. The third-order valence-corrected chi connectivity index (χ3v) is 28.4. The lowest BCUT2D eigenvalue weighted by molar-refractivity contribution is -0.128. The number of amides is 6. The van der Waals surface area contributed by atoms with E-state index in [9.17, 15) is 55.9 Å². The zero-order valence-electron chi connectivity index (χ0n) is 73.3. The van der Waals surface area contributed by atoms with Gasteiger partial charge in [-0.1, -0.05) is 97.1 Å². The van der Waals surface area contributed by atoms with Crippen LogP contribution in [0.2, 0.25) is 0 Å². The van der Waals surface area contributed by atoms with Gasteiger partial charge in [-0.05, 0) is 267 Å². The van der Waals surface area contributed by atoms with E-state index in [1.54, 1.807) is 48.5 Å². The summed E-state index contributed by atoms with van der Waals surface area (Å²) in [5.74, 6) is -6.88. The first-order chi connectivity index (χ1) is 59.5. The molecule has 8 heterocycles. The van der Waals surface area contributed by atoms with Crippen LogP contribution in [-0.2, 0) is 31.9 Å². The van der Waals surface area contributed by atoms with Crippen molar-refractivity contribution in [2.45, 2.75) is 292 Å². The van der Waals surface area contributed by atoms with E-state index >= 15 is 0 Å². The first kappa shape index (κ1) is 89.7. The molecule has 6 aromatic rings. The summed E-state index contributed by atoms with van der Waals surface area (Å²) in [4.78, 5) is 135. The van der Waals surface area contributed by atoms with Crippen LogP contribution in [0, 0.1) is 11.8 Å². The number of aryl methyl sites for hydroxylation is 2. The second-order valence-electron chi connectivity index (χ2n) is 38.8. The lowest BCUT2D eigenvalue weighted by Gasteiger charge is -2.49. The van der Waals surface area contributed by atoms with Crippen LogP contribution in [0.3, 0.4) is 0 Å². The zero-order chi connectivity index (χ0) is 87.2. The Morgan fingerprint density at radius 1 is 0.444 bits per heavy atom. The van der Waals surface area contributed by atoms with Gasteiger partial charge in [0.25, 0.3) is 23.6 Å². The Morgan fingerprint density at radius 2 is 0.798 bits per heavy atom. The number of halogens is 4. The summed E-state index contributed by atoms with van der Waals surface area (Å²) < 4.78 is 68.4. The van der Waals surface area contributed by atoms with E-state index in [2.05, 4.69) is 56.0 Å². The molecule has 2 saturated carbocycles. The third kappa shape index (κ3) is 21.1. The number of piperazine rings is 2. The molecule has 10 aliphatic rings. The van der Waals surface area contributed by atoms with Crippen molar-refractivity contribution >= 4 is 47.4 Å². The van der Waals surface area contributed by atoms with Gasteiger partial charge in [-0.25, -0.2) is 27.2 Å². The molecule has 124 heavy (non-hydrogen) atoms. The second kappa shape index (κ2) is 39.0. The maximum Gasteiger partial charge on any atom is 0.410 e. The maximum absolute atomic E-state index is 14.2. The fraction of sp³-hybridized carbons (Fsp3) is 0.580. The van der Waals surface area contributed by atoms with Crippen molar-refractivity contribution < 1.29 is 65.4 Å². The fourth-order valence-electron chi connectivity index (χ4n) is 22.0. The lowest BCUT2D eigenvalue weighted by Crippen LogP contribution is -2.64. The number of hydrogen-bond acceptors (Lipinski definition) is 16. The smallest absolute Gasteiger partial charge is 0.410 e. The van der Waals surface area contributed by atoms with E-state index < -0.39 is 23.0 Å². The Bertz CT molecular complexity index is 4390. The summed E-state index contributed by atoms with van der Waals surface area (Å²) in [5.41, 5.74) is 7.34. The minimum atomic E-state index is -2.68. The van der Waals surface area contributed by atoms with Crippen LogP contribution in [0.5, 0.6) is 0 Å². The molecule has 16 rings (SSSR count). The Balaban J connectivity index is 0.000000192. The largest absolute Gasteiger partial charge is 0.444 e. The standard InChI is InChI=1S/2C50H63F2N5O5/c2*1-49(2,3)62-48(61)57-32-38-20-21-41(55(38)30-24-37(34-13-5-4-6-14-34)31-44(58)35-22-25-50(51,52)26-23-35)43(57)33-54(42-19-11-15-36-16-12-27-53-45(36)42)28-9-10-29-56-46(59)39-17-7-8-18-40(39)47(56)60/h2*4-8,12-14,16-18,27,35,37-38,41-43H,9-11,15,19-26,28-33H2,1-3H3/t2*37-,38+,41-,42+,43?/m11/s1. The Kier molecular flexibility index (Phi) is 28.2. The molecule has 0 spiro atoms. The molecule has 20 nitrogen and oxygen atoms in total. The molecule has 2 unspecified atom stereocenters. The number of pyridine rings is 2. The minimum absolute atomic E-state index is 0.0422. The first-order valence-electron chi connectivity index (χ1n) is 46.2. The van der Waals surface area contributed by atoms with Gasteiger partial charge in [0.05, 0.1) is 57.8 Å². The number of ether oxygens (including phenoxy) is 2. The van der Waals surface area contributed by atoms with E-state index in [1.807, 2.05) is 112 Å². The van der Waals surface area contributed by atoms with Gasteiger partial charge in [-0.2, -0.15) is 0 Å². The fourth-order valence-corrected chi connectivity index (χ4v) is 22.0. The number of carbonyl (C=O) groups is 8. The Morgan fingerprint density at radius 3 is 1.15 bits per heavy atom. The van der Waals surface area contributed by atoms with E-state index in [4.69, 9.17) is 19.4 Å². The number of fused-ring (bicyclic) bond motifs is 8. The highest BCUT2D eigenvalue weighted by Crippen LogP contribution is 2.46. The van der Waals surface area contributed by atoms with Gasteiger partial charge < -0.3 is 19.3 Å². The number of aromatic nitrogens is 2. The normalized spacial score (nSPS) is 24.3.